The fourth-order valence-corrected chi connectivity index (χ4v) is 2.62. The molecule has 7 heteroatoms. The molecular formula is C16H16F2O4S. The Kier molecular flexibility index (Phi) is 5.68. The summed E-state index contributed by atoms with van der Waals surface area (Å²) in [5, 5.41) is 0. The lowest BCUT2D eigenvalue weighted by atomic mass is 10.1. The zero-order valence-electron chi connectivity index (χ0n) is 12.2. The predicted octanol–water partition coefficient (Wildman–Crippen LogP) is 3.97. The zero-order valence-corrected chi connectivity index (χ0v) is 13.0. The Morgan fingerprint density at radius 1 is 0.957 bits per heavy atom. The zero-order chi connectivity index (χ0) is 16.9. The summed E-state index contributed by atoms with van der Waals surface area (Å²) in [6.45, 7) is 0. The molecule has 0 spiro atoms. The average molecular weight is 342 g/mol. The minimum absolute atomic E-state index is 0.187. The molecule has 0 aliphatic rings. The lowest BCUT2D eigenvalue weighted by molar-refractivity contribution is 0.461. The first-order chi connectivity index (χ1) is 10.8. The molecule has 2 rings (SSSR count). The third kappa shape index (κ3) is 5.96. The second-order valence-corrected chi connectivity index (χ2v) is 6.64. The van der Waals surface area contributed by atoms with Crippen molar-refractivity contribution < 1.29 is 26.5 Å². The molecule has 1 N–H and O–H groups in total. The molecule has 0 unspecified atom stereocenters. The van der Waals surface area contributed by atoms with E-state index in [1.54, 1.807) is 18.2 Å². The molecule has 0 heterocycles. The van der Waals surface area contributed by atoms with Gasteiger partial charge >= 0.3 is 0 Å². The average Bonchev–Trinajstić information content (AvgIpc) is 2.47. The van der Waals surface area contributed by atoms with Crippen LogP contribution in [0.5, 0.6) is 11.5 Å². The Morgan fingerprint density at radius 2 is 1.70 bits per heavy atom. The molecule has 0 aliphatic carbocycles. The quantitative estimate of drug-likeness (QED) is 0.611. The standard InChI is InChI=1S/C16H16F2O4S/c17-15-8-7-14(11-16(15)18)22-13-6-3-5-12(10-13)4-1-2-9-23(19,20)21/h3,5-8,10-11H,1-2,4,9H2,(H,19,20,21). The molecule has 23 heavy (non-hydrogen) atoms. The summed E-state index contributed by atoms with van der Waals surface area (Å²) in [5.41, 5.74) is 0.917. The molecule has 0 bridgehead atoms. The van der Waals surface area contributed by atoms with Crippen LogP contribution in [0.1, 0.15) is 18.4 Å². The number of unbranched alkanes of at least 4 members (excludes halogenated alkanes) is 1. The number of rotatable bonds is 7. The van der Waals surface area contributed by atoms with Crippen LogP contribution in [0.2, 0.25) is 0 Å². The molecule has 0 fully saturated rings. The summed E-state index contributed by atoms with van der Waals surface area (Å²) >= 11 is 0. The molecule has 0 atom stereocenters. The van der Waals surface area contributed by atoms with Crippen LogP contribution in [0.4, 0.5) is 8.78 Å². The second kappa shape index (κ2) is 7.52. The van der Waals surface area contributed by atoms with E-state index in [0.717, 1.165) is 17.7 Å². The van der Waals surface area contributed by atoms with Crippen molar-refractivity contribution >= 4 is 10.1 Å². The first kappa shape index (κ1) is 17.4. The third-order valence-corrected chi connectivity index (χ3v) is 3.95. The maximum absolute atomic E-state index is 13.1. The summed E-state index contributed by atoms with van der Waals surface area (Å²) in [6, 6.07) is 10.3. The van der Waals surface area contributed by atoms with Gasteiger partial charge in [0.25, 0.3) is 10.1 Å². The number of halogens is 2. The summed E-state index contributed by atoms with van der Waals surface area (Å²) in [5.74, 6) is -1.53. The van der Waals surface area contributed by atoms with Crippen LogP contribution in [0.25, 0.3) is 0 Å². The van der Waals surface area contributed by atoms with Crippen molar-refractivity contribution in [3.63, 3.8) is 0 Å². The summed E-state index contributed by atoms with van der Waals surface area (Å²) in [4.78, 5) is 0. The summed E-state index contributed by atoms with van der Waals surface area (Å²) < 4.78 is 61.4. The first-order valence-corrected chi connectivity index (χ1v) is 8.61. The van der Waals surface area contributed by atoms with Gasteiger partial charge in [0.05, 0.1) is 5.75 Å². The van der Waals surface area contributed by atoms with Crippen LogP contribution in [0.3, 0.4) is 0 Å². The normalized spacial score (nSPS) is 11.4. The molecule has 0 saturated carbocycles. The highest BCUT2D eigenvalue weighted by molar-refractivity contribution is 7.85. The number of hydrogen-bond acceptors (Lipinski definition) is 3. The van der Waals surface area contributed by atoms with Gasteiger partial charge in [0, 0.05) is 6.07 Å². The van der Waals surface area contributed by atoms with E-state index in [1.807, 2.05) is 6.07 Å². The highest BCUT2D eigenvalue weighted by Gasteiger charge is 2.06. The molecular weight excluding hydrogens is 326 g/mol. The first-order valence-electron chi connectivity index (χ1n) is 7.00. The Labute approximate surface area is 133 Å². The lowest BCUT2D eigenvalue weighted by Crippen LogP contribution is -2.03. The number of hydrogen-bond donors (Lipinski definition) is 1. The van der Waals surface area contributed by atoms with E-state index in [2.05, 4.69) is 0 Å². The number of ether oxygens (including phenoxy) is 1. The minimum Gasteiger partial charge on any atom is -0.457 e. The predicted molar refractivity (Wildman–Crippen MR) is 82.2 cm³/mol. The number of aryl methyl sites for hydroxylation is 1. The van der Waals surface area contributed by atoms with Crippen LogP contribution in [0, 0.1) is 11.6 Å². The van der Waals surface area contributed by atoms with Crippen molar-refractivity contribution in [1.82, 2.24) is 0 Å². The SMILES string of the molecule is O=S(=O)(O)CCCCc1cccc(Oc2ccc(F)c(F)c2)c1. The van der Waals surface area contributed by atoms with Crippen molar-refractivity contribution in [1.29, 1.82) is 0 Å². The lowest BCUT2D eigenvalue weighted by Gasteiger charge is -2.08. The van der Waals surface area contributed by atoms with Crippen LogP contribution in [0.15, 0.2) is 42.5 Å². The van der Waals surface area contributed by atoms with E-state index in [-0.39, 0.29) is 11.5 Å². The van der Waals surface area contributed by atoms with Crippen LogP contribution < -0.4 is 4.74 Å². The van der Waals surface area contributed by atoms with Gasteiger partial charge in [-0.1, -0.05) is 12.1 Å². The summed E-state index contributed by atoms with van der Waals surface area (Å²) in [7, 11) is -3.93. The van der Waals surface area contributed by atoms with Crippen molar-refractivity contribution in [3.8, 4) is 11.5 Å². The van der Waals surface area contributed by atoms with Crippen LogP contribution in [-0.4, -0.2) is 18.7 Å². The fourth-order valence-electron chi connectivity index (χ4n) is 2.05. The molecule has 2 aromatic rings. The third-order valence-electron chi connectivity index (χ3n) is 3.14. The van der Waals surface area contributed by atoms with Gasteiger partial charge in [-0.3, -0.25) is 4.55 Å². The van der Waals surface area contributed by atoms with Gasteiger partial charge in [-0.25, -0.2) is 8.78 Å². The van der Waals surface area contributed by atoms with Gasteiger partial charge in [-0.15, -0.1) is 0 Å². The number of benzene rings is 2. The van der Waals surface area contributed by atoms with Crippen molar-refractivity contribution in [3.05, 3.63) is 59.7 Å². The van der Waals surface area contributed by atoms with Gasteiger partial charge in [-0.05, 0) is 49.1 Å². The molecule has 0 saturated heterocycles. The fraction of sp³-hybridized carbons (Fsp3) is 0.250. The Morgan fingerprint density at radius 3 is 2.39 bits per heavy atom. The van der Waals surface area contributed by atoms with Crippen molar-refractivity contribution in [2.24, 2.45) is 0 Å². The van der Waals surface area contributed by atoms with Crippen LogP contribution >= 0.6 is 0 Å². The van der Waals surface area contributed by atoms with Gasteiger partial charge in [0.2, 0.25) is 0 Å². The van der Waals surface area contributed by atoms with E-state index >= 15 is 0 Å². The van der Waals surface area contributed by atoms with Gasteiger partial charge in [-0.2, -0.15) is 8.42 Å². The molecule has 0 radical (unpaired) electrons. The Bertz CT molecular complexity index is 775. The molecule has 0 aromatic heterocycles. The molecule has 0 amide bonds. The van der Waals surface area contributed by atoms with Gasteiger partial charge < -0.3 is 4.74 Å². The molecule has 2 aromatic carbocycles. The summed E-state index contributed by atoms with van der Waals surface area (Å²) in [6.07, 6.45) is 1.56. The maximum atomic E-state index is 13.1. The highest BCUT2D eigenvalue weighted by atomic mass is 32.2. The van der Waals surface area contributed by atoms with E-state index in [4.69, 9.17) is 9.29 Å². The van der Waals surface area contributed by atoms with E-state index in [1.165, 1.54) is 6.07 Å². The van der Waals surface area contributed by atoms with E-state index < -0.39 is 21.8 Å². The van der Waals surface area contributed by atoms with E-state index in [0.29, 0.717) is 25.0 Å². The largest absolute Gasteiger partial charge is 0.457 e. The maximum Gasteiger partial charge on any atom is 0.264 e. The van der Waals surface area contributed by atoms with Crippen molar-refractivity contribution in [2.45, 2.75) is 19.3 Å². The highest BCUT2D eigenvalue weighted by Crippen LogP contribution is 2.24. The van der Waals surface area contributed by atoms with Crippen LogP contribution in [-0.2, 0) is 16.5 Å². The Balaban J connectivity index is 1.95. The minimum atomic E-state index is -3.93. The molecule has 4 nitrogen and oxygen atoms in total. The van der Waals surface area contributed by atoms with Gasteiger partial charge in [0.1, 0.15) is 11.5 Å². The molecule has 124 valence electrons. The van der Waals surface area contributed by atoms with Gasteiger partial charge in [0.15, 0.2) is 11.6 Å². The topological polar surface area (TPSA) is 63.6 Å². The monoisotopic (exact) mass is 342 g/mol. The molecule has 0 aliphatic heterocycles. The second-order valence-electron chi connectivity index (χ2n) is 5.07. The van der Waals surface area contributed by atoms with E-state index in [9.17, 15) is 17.2 Å². The smallest absolute Gasteiger partial charge is 0.264 e. The Hall–Kier alpha value is -1.99. The van der Waals surface area contributed by atoms with Crippen molar-refractivity contribution in [2.75, 3.05) is 5.75 Å².